The fraction of sp³-hybridized carbons (Fsp3) is 0.300. The molecule has 0 aromatic heterocycles. The molecule has 3 rings (SSSR count). The van der Waals surface area contributed by atoms with E-state index >= 15 is 0 Å². The molecular weight excluding hydrogens is 438 g/mol. The molecule has 0 N–H and O–H groups in total. The molecule has 0 aliphatic heterocycles. The van der Waals surface area contributed by atoms with Gasteiger partial charge in [-0.25, -0.2) is 9.59 Å². The van der Waals surface area contributed by atoms with Gasteiger partial charge < -0.3 is 9.47 Å². The van der Waals surface area contributed by atoms with Gasteiger partial charge in [0.25, 0.3) is 0 Å². The first-order valence-corrected chi connectivity index (χ1v) is 11.7. The van der Waals surface area contributed by atoms with Crippen LogP contribution in [0, 0.1) is 17.2 Å². The van der Waals surface area contributed by atoms with Gasteiger partial charge in [0.1, 0.15) is 0 Å². The number of rotatable bonds is 9. The second kappa shape index (κ2) is 11.5. The first kappa shape index (κ1) is 25.7. The molecule has 5 heteroatoms. The summed E-state index contributed by atoms with van der Waals surface area (Å²) in [5.74, 6) is -0.243. The Morgan fingerprint density at radius 1 is 0.743 bits per heavy atom. The van der Waals surface area contributed by atoms with E-state index < -0.39 is 17.4 Å². The van der Waals surface area contributed by atoms with Crippen LogP contribution in [0.1, 0.15) is 56.8 Å². The van der Waals surface area contributed by atoms with Gasteiger partial charge in [-0.1, -0.05) is 62.4 Å². The molecule has 3 aromatic rings. The molecule has 180 valence electrons. The lowest BCUT2D eigenvalue weighted by molar-refractivity contribution is 0.0592. The van der Waals surface area contributed by atoms with Gasteiger partial charge in [-0.05, 0) is 71.7 Å². The lowest BCUT2D eigenvalue weighted by Gasteiger charge is -2.28. The van der Waals surface area contributed by atoms with E-state index in [-0.39, 0.29) is 0 Å². The minimum Gasteiger partial charge on any atom is -0.465 e. The summed E-state index contributed by atoms with van der Waals surface area (Å²) in [5.41, 5.74) is 4.15. The van der Waals surface area contributed by atoms with E-state index in [0.717, 1.165) is 23.1 Å². The third kappa shape index (κ3) is 6.36. The van der Waals surface area contributed by atoms with Crippen molar-refractivity contribution in [1.29, 1.82) is 5.26 Å². The van der Waals surface area contributed by atoms with E-state index in [1.165, 1.54) is 19.8 Å². The Morgan fingerprint density at radius 2 is 1.14 bits per heavy atom. The van der Waals surface area contributed by atoms with Gasteiger partial charge in [-0.15, -0.1) is 0 Å². The zero-order valence-corrected chi connectivity index (χ0v) is 20.7. The van der Waals surface area contributed by atoms with Crippen LogP contribution >= 0.6 is 0 Å². The normalized spacial score (nSPS) is 11.1. The number of ether oxygens (including phenoxy) is 2. The molecule has 0 aliphatic carbocycles. The zero-order valence-electron chi connectivity index (χ0n) is 20.7. The SMILES string of the molecule is COC(=O)c1ccc(CC(C#N)(Cc2ccc(C(=O)OC)cc2)c2ccc(CC(C)C)cc2)cc1. The fourth-order valence-electron chi connectivity index (χ4n) is 4.29. The van der Waals surface area contributed by atoms with E-state index in [4.69, 9.17) is 9.47 Å². The number of esters is 2. The molecule has 0 spiro atoms. The maximum atomic E-state index is 11.8. The molecule has 0 fully saturated rings. The van der Waals surface area contributed by atoms with Crippen molar-refractivity contribution < 1.29 is 19.1 Å². The summed E-state index contributed by atoms with van der Waals surface area (Å²) in [4.78, 5) is 23.7. The van der Waals surface area contributed by atoms with Crippen LogP contribution in [0.4, 0.5) is 0 Å². The van der Waals surface area contributed by atoms with E-state index in [2.05, 4.69) is 32.0 Å². The van der Waals surface area contributed by atoms with Crippen molar-refractivity contribution in [2.24, 2.45) is 5.92 Å². The van der Waals surface area contributed by atoms with Crippen molar-refractivity contribution >= 4 is 11.9 Å². The van der Waals surface area contributed by atoms with Crippen molar-refractivity contribution in [1.82, 2.24) is 0 Å². The molecule has 0 atom stereocenters. The summed E-state index contributed by atoms with van der Waals surface area (Å²) in [6.45, 7) is 4.37. The molecule has 0 heterocycles. The molecule has 0 aliphatic rings. The number of nitriles is 1. The molecule has 0 unspecified atom stereocenters. The van der Waals surface area contributed by atoms with E-state index in [1.807, 2.05) is 36.4 Å². The predicted octanol–water partition coefficient (Wildman–Crippen LogP) is 5.71. The summed E-state index contributed by atoms with van der Waals surface area (Å²) in [6, 6.07) is 25.3. The number of hydrogen-bond acceptors (Lipinski definition) is 5. The van der Waals surface area contributed by atoms with Gasteiger partial charge in [0.15, 0.2) is 0 Å². The number of hydrogen-bond donors (Lipinski definition) is 0. The molecular formula is C30H31NO4. The highest BCUT2D eigenvalue weighted by molar-refractivity contribution is 5.89. The molecule has 5 nitrogen and oxygen atoms in total. The molecule has 0 radical (unpaired) electrons. The summed E-state index contributed by atoms with van der Waals surface area (Å²) >= 11 is 0. The molecule has 0 saturated heterocycles. The zero-order chi connectivity index (χ0) is 25.4. The van der Waals surface area contributed by atoms with Gasteiger partial charge in [0.2, 0.25) is 0 Å². The number of carbonyl (C=O) groups excluding carboxylic acids is 2. The van der Waals surface area contributed by atoms with E-state index in [9.17, 15) is 14.9 Å². The van der Waals surface area contributed by atoms with Crippen LogP contribution in [0.2, 0.25) is 0 Å². The Balaban J connectivity index is 1.98. The van der Waals surface area contributed by atoms with Crippen LogP contribution in [-0.2, 0) is 34.2 Å². The Morgan fingerprint density at radius 3 is 1.49 bits per heavy atom. The van der Waals surface area contributed by atoms with Crippen LogP contribution in [0.3, 0.4) is 0 Å². The maximum absolute atomic E-state index is 11.8. The van der Waals surface area contributed by atoms with Crippen LogP contribution in [0.5, 0.6) is 0 Å². The molecule has 0 amide bonds. The third-order valence-corrected chi connectivity index (χ3v) is 6.13. The highest BCUT2D eigenvalue weighted by Gasteiger charge is 2.33. The monoisotopic (exact) mass is 469 g/mol. The summed E-state index contributed by atoms with van der Waals surface area (Å²) in [5, 5.41) is 10.5. The minimum absolute atomic E-state index is 0.394. The van der Waals surface area contributed by atoms with Crippen molar-refractivity contribution in [3.63, 3.8) is 0 Å². The van der Waals surface area contributed by atoms with Gasteiger partial charge in [0.05, 0.1) is 36.8 Å². The first-order chi connectivity index (χ1) is 16.8. The average Bonchev–Trinajstić information content (AvgIpc) is 2.88. The topological polar surface area (TPSA) is 76.4 Å². The molecule has 0 bridgehead atoms. The standard InChI is InChI=1S/C30H31NO4/c1-21(2)17-22-9-15-27(16-10-22)30(20-31,18-23-5-11-25(12-6-23)28(32)34-3)19-24-7-13-26(14-8-24)29(33)35-4/h5-16,21H,17-19H2,1-4H3. The smallest absolute Gasteiger partial charge is 0.337 e. The summed E-state index contributed by atoms with van der Waals surface area (Å²) in [7, 11) is 2.71. The van der Waals surface area contributed by atoms with Crippen molar-refractivity contribution in [2.45, 2.75) is 38.5 Å². The highest BCUT2D eigenvalue weighted by atomic mass is 16.5. The average molecular weight is 470 g/mol. The van der Waals surface area contributed by atoms with Crippen LogP contribution in [0.15, 0.2) is 72.8 Å². The second-order valence-electron chi connectivity index (χ2n) is 9.22. The largest absolute Gasteiger partial charge is 0.465 e. The maximum Gasteiger partial charge on any atom is 0.337 e. The Labute approximate surface area is 207 Å². The minimum atomic E-state index is -0.837. The van der Waals surface area contributed by atoms with Gasteiger partial charge in [-0.3, -0.25) is 0 Å². The number of methoxy groups -OCH3 is 2. The Bertz CT molecular complexity index is 1130. The van der Waals surface area contributed by atoms with Crippen LogP contribution < -0.4 is 0 Å². The highest BCUT2D eigenvalue weighted by Crippen LogP contribution is 2.33. The predicted molar refractivity (Wildman–Crippen MR) is 135 cm³/mol. The first-order valence-electron chi connectivity index (χ1n) is 11.7. The lowest BCUT2D eigenvalue weighted by Crippen LogP contribution is -2.30. The van der Waals surface area contributed by atoms with Crippen molar-refractivity contribution in [3.8, 4) is 6.07 Å². The Kier molecular flexibility index (Phi) is 8.43. The summed E-state index contributed by atoms with van der Waals surface area (Å²) in [6.07, 6.45) is 1.91. The van der Waals surface area contributed by atoms with Crippen molar-refractivity contribution in [2.75, 3.05) is 14.2 Å². The molecule has 35 heavy (non-hydrogen) atoms. The van der Waals surface area contributed by atoms with Crippen LogP contribution in [-0.4, -0.2) is 26.2 Å². The molecule has 3 aromatic carbocycles. The van der Waals surface area contributed by atoms with Gasteiger partial charge in [0, 0.05) is 0 Å². The second-order valence-corrected chi connectivity index (χ2v) is 9.22. The number of nitrogens with zero attached hydrogens (tertiary/aromatic N) is 1. The van der Waals surface area contributed by atoms with E-state index in [0.29, 0.717) is 29.9 Å². The fourth-order valence-corrected chi connectivity index (χ4v) is 4.29. The van der Waals surface area contributed by atoms with Crippen molar-refractivity contribution in [3.05, 3.63) is 106 Å². The van der Waals surface area contributed by atoms with Gasteiger partial charge in [-0.2, -0.15) is 5.26 Å². The van der Waals surface area contributed by atoms with Crippen LogP contribution in [0.25, 0.3) is 0 Å². The lowest BCUT2D eigenvalue weighted by atomic mass is 9.72. The quantitative estimate of drug-likeness (QED) is 0.376. The summed E-state index contributed by atoms with van der Waals surface area (Å²) < 4.78 is 9.59. The molecule has 0 saturated carbocycles. The Hall–Kier alpha value is -3.91. The van der Waals surface area contributed by atoms with E-state index in [1.54, 1.807) is 24.3 Å². The number of carbonyl (C=O) groups is 2. The third-order valence-electron chi connectivity index (χ3n) is 6.13. The number of benzene rings is 3. The van der Waals surface area contributed by atoms with Gasteiger partial charge >= 0.3 is 11.9 Å².